The van der Waals surface area contributed by atoms with Crippen molar-refractivity contribution in [3.63, 3.8) is 0 Å². The summed E-state index contributed by atoms with van der Waals surface area (Å²) in [5, 5.41) is 0. The molecule has 1 amide bonds. The molecule has 2 atom stereocenters. The fourth-order valence-corrected chi connectivity index (χ4v) is 1.94. The monoisotopic (exact) mass is 273 g/mol. The molecule has 0 spiro atoms. The van der Waals surface area contributed by atoms with E-state index in [1.807, 2.05) is 6.92 Å². The van der Waals surface area contributed by atoms with Gasteiger partial charge in [0.15, 0.2) is 0 Å². The molecule has 1 heterocycles. The molecule has 0 aromatic heterocycles. The van der Waals surface area contributed by atoms with Gasteiger partial charge in [-0.15, -0.1) is 0 Å². The van der Waals surface area contributed by atoms with E-state index < -0.39 is 0 Å². The Kier molecular flexibility index (Phi) is 6.80. The van der Waals surface area contributed by atoms with E-state index in [0.717, 1.165) is 0 Å². The molecule has 0 radical (unpaired) electrons. The highest BCUT2D eigenvalue weighted by Gasteiger charge is 2.26. The summed E-state index contributed by atoms with van der Waals surface area (Å²) in [5.41, 5.74) is 0. The lowest BCUT2D eigenvalue weighted by Gasteiger charge is -2.32. The number of nitrogens with zero attached hydrogens (tertiary/aromatic N) is 1. The largest absolute Gasteiger partial charge is 0.469 e. The highest BCUT2D eigenvalue weighted by Crippen LogP contribution is 2.12. The first-order valence-electron chi connectivity index (χ1n) is 6.55. The molecule has 0 aromatic carbocycles. The van der Waals surface area contributed by atoms with Gasteiger partial charge in [-0.3, -0.25) is 9.59 Å². The molecule has 0 aromatic rings. The number of amides is 1. The summed E-state index contributed by atoms with van der Waals surface area (Å²) in [6.07, 6.45) is 1.17. The van der Waals surface area contributed by atoms with Crippen LogP contribution in [0.4, 0.5) is 0 Å². The Balaban J connectivity index is 2.36. The Morgan fingerprint density at radius 1 is 1.42 bits per heavy atom. The molecule has 0 N–H and O–H groups in total. The van der Waals surface area contributed by atoms with Crippen molar-refractivity contribution in [2.75, 3.05) is 33.9 Å². The molecule has 1 aliphatic rings. The number of carbonyl (C=O) groups is 2. The molecular weight excluding hydrogens is 250 g/mol. The van der Waals surface area contributed by atoms with Crippen molar-refractivity contribution in [3.05, 3.63) is 0 Å². The molecule has 1 aliphatic heterocycles. The summed E-state index contributed by atoms with van der Waals surface area (Å²) >= 11 is 0. The first-order valence-corrected chi connectivity index (χ1v) is 6.55. The van der Waals surface area contributed by atoms with Gasteiger partial charge in [0.25, 0.3) is 0 Å². The smallest absolute Gasteiger partial charge is 0.308 e. The minimum atomic E-state index is -0.313. The summed E-state index contributed by atoms with van der Waals surface area (Å²) in [7, 11) is 2.98. The number of hydrogen-bond donors (Lipinski definition) is 0. The summed E-state index contributed by atoms with van der Waals surface area (Å²) < 4.78 is 15.2. The highest BCUT2D eigenvalue weighted by atomic mass is 16.5. The van der Waals surface area contributed by atoms with Crippen LogP contribution < -0.4 is 0 Å². The lowest BCUT2D eigenvalue weighted by Crippen LogP contribution is -2.46. The van der Waals surface area contributed by atoms with E-state index >= 15 is 0 Å². The zero-order valence-electron chi connectivity index (χ0n) is 11.9. The van der Waals surface area contributed by atoms with Crippen LogP contribution in [0.3, 0.4) is 0 Å². The van der Waals surface area contributed by atoms with Crippen LogP contribution in [0.5, 0.6) is 0 Å². The zero-order valence-corrected chi connectivity index (χ0v) is 11.9. The molecule has 0 aliphatic carbocycles. The third-order valence-electron chi connectivity index (χ3n) is 3.28. The van der Waals surface area contributed by atoms with Crippen molar-refractivity contribution in [2.45, 2.75) is 38.4 Å². The number of esters is 1. The zero-order chi connectivity index (χ0) is 14.3. The minimum absolute atomic E-state index is 0.0795. The van der Waals surface area contributed by atoms with Crippen LogP contribution in [0.2, 0.25) is 0 Å². The molecule has 1 saturated heterocycles. The predicted molar refractivity (Wildman–Crippen MR) is 68.7 cm³/mol. The fraction of sp³-hybridized carbons (Fsp3) is 0.846. The number of methoxy groups -OCH3 is 2. The second-order valence-corrected chi connectivity index (χ2v) is 4.70. The third kappa shape index (κ3) is 5.57. The van der Waals surface area contributed by atoms with Crippen molar-refractivity contribution < 1.29 is 23.8 Å². The minimum Gasteiger partial charge on any atom is -0.469 e. The average molecular weight is 273 g/mol. The second-order valence-electron chi connectivity index (χ2n) is 4.70. The van der Waals surface area contributed by atoms with Crippen LogP contribution in [-0.2, 0) is 23.8 Å². The molecule has 6 nitrogen and oxygen atoms in total. The normalized spacial score (nSPS) is 21.0. The van der Waals surface area contributed by atoms with Gasteiger partial charge in [0.1, 0.15) is 0 Å². The standard InChI is InChI=1S/C13H23NO5/c1-10(17-2)4-5-12(15)14-6-7-19-11(9-14)8-13(16)18-3/h10-11H,4-9H2,1-3H3. The summed E-state index contributed by atoms with van der Waals surface area (Å²) in [4.78, 5) is 25.0. The van der Waals surface area contributed by atoms with Gasteiger partial charge in [0.05, 0.1) is 32.3 Å². The van der Waals surface area contributed by atoms with E-state index in [1.165, 1.54) is 7.11 Å². The van der Waals surface area contributed by atoms with E-state index in [4.69, 9.17) is 9.47 Å². The lowest BCUT2D eigenvalue weighted by molar-refractivity contribution is -0.150. The first kappa shape index (κ1) is 15.9. The molecule has 2 unspecified atom stereocenters. The maximum atomic E-state index is 12.0. The van der Waals surface area contributed by atoms with Gasteiger partial charge in [0, 0.05) is 26.6 Å². The molecule has 1 rings (SSSR count). The van der Waals surface area contributed by atoms with Crippen molar-refractivity contribution in [3.8, 4) is 0 Å². The summed E-state index contributed by atoms with van der Waals surface area (Å²) in [6, 6.07) is 0. The molecule has 19 heavy (non-hydrogen) atoms. The van der Waals surface area contributed by atoms with Crippen LogP contribution in [-0.4, -0.2) is 62.9 Å². The molecule has 0 bridgehead atoms. The van der Waals surface area contributed by atoms with Gasteiger partial charge in [-0.25, -0.2) is 0 Å². The Bertz CT molecular complexity index is 307. The fourth-order valence-electron chi connectivity index (χ4n) is 1.94. The van der Waals surface area contributed by atoms with Crippen LogP contribution in [0.1, 0.15) is 26.2 Å². The van der Waals surface area contributed by atoms with E-state index in [9.17, 15) is 9.59 Å². The van der Waals surface area contributed by atoms with Crippen LogP contribution in [0.25, 0.3) is 0 Å². The van der Waals surface area contributed by atoms with Crippen LogP contribution >= 0.6 is 0 Å². The molecule has 6 heteroatoms. The Hall–Kier alpha value is -1.14. The molecule has 1 fully saturated rings. The third-order valence-corrected chi connectivity index (χ3v) is 3.28. The first-order chi connectivity index (χ1) is 9.06. The van der Waals surface area contributed by atoms with Crippen LogP contribution in [0, 0.1) is 0 Å². The van der Waals surface area contributed by atoms with E-state index in [0.29, 0.717) is 32.5 Å². The number of hydrogen-bond acceptors (Lipinski definition) is 5. The number of ether oxygens (including phenoxy) is 3. The quantitative estimate of drug-likeness (QED) is 0.663. The predicted octanol–water partition coefficient (Wildman–Crippen LogP) is 0.592. The number of morpholine rings is 1. The lowest BCUT2D eigenvalue weighted by atomic mass is 10.1. The topological polar surface area (TPSA) is 65.1 Å². The second kappa shape index (κ2) is 8.12. The summed E-state index contributed by atoms with van der Waals surface area (Å²) in [6.45, 7) is 3.44. The SMILES string of the molecule is COC(=O)CC1CN(C(=O)CCC(C)OC)CCO1. The highest BCUT2D eigenvalue weighted by molar-refractivity contribution is 5.76. The van der Waals surface area contributed by atoms with E-state index in [-0.39, 0.29) is 30.5 Å². The van der Waals surface area contributed by atoms with Gasteiger partial charge in [0.2, 0.25) is 5.91 Å². The van der Waals surface area contributed by atoms with Crippen molar-refractivity contribution >= 4 is 11.9 Å². The van der Waals surface area contributed by atoms with Crippen molar-refractivity contribution in [1.82, 2.24) is 4.90 Å². The van der Waals surface area contributed by atoms with Crippen molar-refractivity contribution in [2.24, 2.45) is 0 Å². The van der Waals surface area contributed by atoms with Gasteiger partial charge in [-0.05, 0) is 13.3 Å². The molecule has 110 valence electrons. The van der Waals surface area contributed by atoms with E-state index in [2.05, 4.69) is 4.74 Å². The molecular formula is C13H23NO5. The number of carbonyl (C=O) groups excluding carboxylic acids is 2. The van der Waals surface area contributed by atoms with Crippen molar-refractivity contribution in [1.29, 1.82) is 0 Å². The number of rotatable bonds is 6. The Morgan fingerprint density at radius 2 is 2.16 bits per heavy atom. The van der Waals surface area contributed by atoms with Gasteiger partial charge in [-0.1, -0.05) is 0 Å². The Labute approximate surface area is 114 Å². The van der Waals surface area contributed by atoms with Gasteiger partial charge < -0.3 is 19.1 Å². The maximum Gasteiger partial charge on any atom is 0.308 e. The summed E-state index contributed by atoms with van der Waals surface area (Å²) in [5.74, 6) is -0.227. The molecule has 0 saturated carbocycles. The van der Waals surface area contributed by atoms with Crippen LogP contribution in [0.15, 0.2) is 0 Å². The van der Waals surface area contributed by atoms with E-state index in [1.54, 1.807) is 12.0 Å². The van der Waals surface area contributed by atoms with Gasteiger partial charge in [-0.2, -0.15) is 0 Å². The van der Waals surface area contributed by atoms with Gasteiger partial charge >= 0.3 is 5.97 Å². The Morgan fingerprint density at radius 3 is 2.79 bits per heavy atom. The maximum absolute atomic E-state index is 12.0. The average Bonchev–Trinajstić information content (AvgIpc) is 2.44.